The summed E-state index contributed by atoms with van der Waals surface area (Å²) in [7, 11) is 2.47. The topological polar surface area (TPSA) is 112 Å². The van der Waals surface area contributed by atoms with E-state index >= 15 is 0 Å². The molecule has 1 atom stereocenters. The van der Waals surface area contributed by atoms with Gasteiger partial charge in [-0.2, -0.15) is 0 Å². The van der Waals surface area contributed by atoms with E-state index in [1.807, 2.05) is 0 Å². The van der Waals surface area contributed by atoms with Gasteiger partial charge in [0.05, 0.1) is 11.5 Å². The Balaban J connectivity index is 2.13. The number of rotatable bonds is 11. The predicted molar refractivity (Wildman–Crippen MR) is 103 cm³/mol. The summed E-state index contributed by atoms with van der Waals surface area (Å²) in [5.41, 5.74) is 0. The molecule has 3 N–H and O–H groups in total. The van der Waals surface area contributed by atoms with Gasteiger partial charge in [-0.3, -0.25) is 9.79 Å². The van der Waals surface area contributed by atoms with E-state index in [0.717, 1.165) is 32.7 Å². The molecular formula is C16H33N5O4S. The number of nitrogens with zero attached hydrogens (tertiary/aromatic N) is 2. The number of carbonyl (C=O) groups excluding carboxylic acids is 1. The van der Waals surface area contributed by atoms with Crippen molar-refractivity contribution in [3.05, 3.63) is 0 Å². The van der Waals surface area contributed by atoms with Gasteiger partial charge in [0.2, 0.25) is 5.91 Å². The van der Waals surface area contributed by atoms with E-state index in [1.54, 1.807) is 14.2 Å². The van der Waals surface area contributed by atoms with Gasteiger partial charge in [-0.05, 0) is 19.9 Å². The van der Waals surface area contributed by atoms with Crippen LogP contribution in [0.4, 0.5) is 0 Å². The first-order valence-corrected chi connectivity index (χ1v) is 10.8. The molecule has 1 saturated heterocycles. The second-order valence-corrected chi connectivity index (χ2v) is 8.72. The van der Waals surface area contributed by atoms with Gasteiger partial charge in [0.25, 0.3) is 0 Å². The fraction of sp³-hybridized carbons (Fsp3) is 0.875. The molecule has 0 aromatic heterocycles. The highest BCUT2D eigenvalue weighted by atomic mass is 32.2. The lowest BCUT2D eigenvalue weighted by Gasteiger charge is -2.18. The van der Waals surface area contributed by atoms with Gasteiger partial charge in [0.1, 0.15) is 0 Å². The van der Waals surface area contributed by atoms with Crippen molar-refractivity contribution < 1.29 is 17.9 Å². The summed E-state index contributed by atoms with van der Waals surface area (Å²) in [5, 5.41) is 9.07. The van der Waals surface area contributed by atoms with E-state index in [9.17, 15) is 13.2 Å². The molecule has 0 radical (unpaired) electrons. The van der Waals surface area contributed by atoms with Gasteiger partial charge in [0, 0.05) is 59.4 Å². The third-order valence-electron chi connectivity index (χ3n) is 4.14. The van der Waals surface area contributed by atoms with Gasteiger partial charge in [-0.15, -0.1) is 0 Å². The van der Waals surface area contributed by atoms with Crippen LogP contribution in [-0.2, 0) is 19.4 Å². The molecule has 0 aliphatic carbocycles. The quantitative estimate of drug-likeness (QED) is 0.231. The molecule has 1 unspecified atom stereocenters. The van der Waals surface area contributed by atoms with Gasteiger partial charge in [-0.1, -0.05) is 0 Å². The van der Waals surface area contributed by atoms with Crippen molar-refractivity contribution in [3.8, 4) is 0 Å². The average Bonchev–Trinajstić information content (AvgIpc) is 2.92. The van der Waals surface area contributed by atoms with Crippen LogP contribution in [0.25, 0.3) is 0 Å². The molecular weight excluding hydrogens is 358 g/mol. The number of methoxy groups -OCH3 is 1. The first-order valence-electron chi connectivity index (χ1n) is 8.98. The number of hydrogen-bond donors (Lipinski definition) is 3. The number of amides is 1. The first-order chi connectivity index (χ1) is 12.4. The number of sulfone groups is 1. The minimum Gasteiger partial charge on any atom is -0.385 e. The molecule has 0 aromatic carbocycles. The Morgan fingerprint density at radius 2 is 2.00 bits per heavy atom. The van der Waals surface area contributed by atoms with Crippen LogP contribution in [0.1, 0.15) is 19.3 Å². The summed E-state index contributed by atoms with van der Waals surface area (Å²) >= 11 is 0. The lowest BCUT2D eigenvalue weighted by Crippen LogP contribution is -2.43. The zero-order chi connectivity index (χ0) is 19.4. The molecule has 1 rings (SSSR count). The molecule has 26 heavy (non-hydrogen) atoms. The smallest absolute Gasteiger partial charge is 0.222 e. The van der Waals surface area contributed by atoms with Crippen molar-refractivity contribution in [1.82, 2.24) is 20.9 Å². The molecule has 1 fully saturated rings. The Hall–Kier alpha value is -1.39. The Morgan fingerprint density at radius 3 is 2.62 bits per heavy atom. The van der Waals surface area contributed by atoms with Gasteiger partial charge >= 0.3 is 0 Å². The zero-order valence-electron chi connectivity index (χ0n) is 16.1. The summed E-state index contributed by atoms with van der Waals surface area (Å²) in [5.74, 6) is 0.708. The van der Waals surface area contributed by atoms with Crippen molar-refractivity contribution in [1.29, 1.82) is 0 Å². The Morgan fingerprint density at radius 1 is 1.27 bits per heavy atom. The van der Waals surface area contributed by atoms with Crippen LogP contribution >= 0.6 is 0 Å². The molecule has 0 aromatic rings. The second kappa shape index (κ2) is 12.1. The Kier molecular flexibility index (Phi) is 10.5. The molecule has 0 saturated carbocycles. The average molecular weight is 392 g/mol. The van der Waals surface area contributed by atoms with Crippen molar-refractivity contribution in [2.75, 3.05) is 65.5 Å². The normalized spacial score (nSPS) is 19.5. The van der Waals surface area contributed by atoms with E-state index in [-0.39, 0.29) is 29.9 Å². The number of carbonyl (C=O) groups is 1. The van der Waals surface area contributed by atoms with Crippen molar-refractivity contribution in [3.63, 3.8) is 0 Å². The summed E-state index contributed by atoms with van der Waals surface area (Å²) in [6.45, 7) is 3.79. The maximum absolute atomic E-state index is 11.9. The highest BCUT2D eigenvalue weighted by molar-refractivity contribution is 7.91. The lowest BCUT2D eigenvalue weighted by molar-refractivity contribution is -0.121. The van der Waals surface area contributed by atoms with E-state index in [1.165, 1.54) is 0 Å². The molecule has 1 heterocycles. The van der Waals surface area contributed by atoms with Crippen LogP contribution in [0.3, 0.4) is 0 Å². The minimum absolute atomic E-state index is 0.0489. The lowest BCUT2D eigenvalue weighted by atomic mass is 10.2. The largest absolute Gasteiger partial charge is 0.385 e. The standard InChI is InChI=1S/C16H33N5O4S/c1-17-16(19-8-10-21(2)9-4-11-25-3)18-7-5-15(22)20-14-6-12-26(23,24)13-14/h14H,4-13H2,1-3H3,(H,20,22)(H2,17,18,19). The minimum atomic E-state index is -2.97. The maximum Gasteiger partial charge on any atom is 0.222 e. The van der Waals surface area contributed by atoms with E-state index < -0.39 is 9.84 Å². The number of aliphatic imine (C=N–C) groups is 1. The van der Waals surface area contributed by atoms with Gasteiger partial charge < -0.3 is 25.6 Å². The van der Waals surface area contributed by atoms with Crippen LogP contribution in [-0.4, -0.2) is 96.7 Å². The van der Waals surface area contributed by atoms with Crippen molar-refractivity contribution in [2.24, 2.45) is 4.99 Å². The molecule has 0 spiro atoms. The molecule has 10 heteroatoms. The summed E-state index contributed by atoms with van der Waals surface area (Å²) in [6.07, 6.45) is 1.77. The van der Waals surface area contributed by atoms with Gasteiger partial charge in [0.15, 0.2) is 15.8 Å². The third-order valence-corrected chi connectivity index (χ3v) is 5.91. The Bertz CT molecular complexity index is 553. The number of hydrogen-bond acceptors (Lipinski definition) is 6. The molecule has 0 bridgehead atoms. The number of likely N-dealkylation sites (N-methyl/N-ethyl adjacent to an activating group) is 1. The predicted octanol–water partition coefficient (Wildman–Crippen LogP) is -1.19. The van der Waals surface area contributed by atoms with E-state index in [2.05, 4.69) is 32.9 Å². The van der Waals surface area contributed by atoms with E-state index in [4.69, 9.17) is 4.74 Å². The van der Waals surface area contributed by atoms with Crippen LogP contribution in [0.5, 0.6) is 0 Å². The van der Waals surface area contributed by atoms with Crippen LogP contribution in [0.15, 0.2) is 4.99 Å². The SMILES string of the molecule is CN=C(NCCC(=O)NC1CCS(=O)(=O)C1)NCCN(C)CCCOC. The fourth-order valence-electron chi connectivity index (χ4n) is 2.68. The zero-order valence-corrected chi connectivity index (χ0v) is 16.9. The highest BCUT2D eigenvalue weighted by Crippen LogP contribution is 2.11. The van der Waals surface area contributed by atoms with Crippen LogP contribution in [0, 0.1) is 0 Å². The summed E-state index contributed by atoms with van der Waals surface area (Å²) < 4.78 is 27.8. The van der Waals surface area contributed by atoms with Crippen molar-refractivity contribution in [2.45, 2.75) is 25.3 Å². The van der Waals surface area contributed by atoms with Crippen LogP contribution in [0.2, 0.25) is 0 Å². The molecule has 9 nitrogen and oxygen atoms in total. The number of ether oxygens (including phenoxy) is 1. The third kappa shape index (κ3) is 9.93. The fourth-order valence-corrected chi connectivity index (χ4v) is 4.35. The molecule has 152 valence electrons. The summed E-state index contributed by atoms with van der Waals surface area (Å²) in [4.78, 5) is 18.2. The molecule has 1 aliphatic heterocycles. The monoisotopic (exact) mass is 391 g/mol. The Labute approximate surface area is 156 Å². The number of guanidine groups is 1. The maximum atomic E-state index is 11.9. The highest BCUT2D eigenvalue weighted by Gasteiger charge is 2.28. The van der Waals surface area contributed by atoms with Gasteiger partial charge in [-0.25, -0.2) is 8.42 Å². The van der Waals surface area contributed by atoms with Crippen LogP contribution < -0.4 is 16.0 Å². The van der Waals surface area contributed by atoms with E-state index in [0.29, 0.717) is 18.9 Å². The summed E-state index contributed by atoms with van der Waals surface area (Å²) in [6, 6.07) is -0.251. The first kappa shape index (κ1) is 22.7. The molecule has 1 amide bonds. The molecule has 1 aliphatic rings. The second-order valence-electron chi connectivity index (χ2n) is 6.49. The van der Waals surface area contributed by atoms with Crippen molar-refractivity contribution >= 4 is 21.7 Å². The number of nitrogens with one attached hydrogen (secondary N) is 3.